The molecule has 0 amide bonds. The molecule has 3 aromatic rings. The molecule has 0 aliphatic heterocycles. The zero-order chi connectivity index (χ0) is 21.3. The van der Waals surface area contributed by atoms with Crippen LogP contribution in [0.1, 0.15) is 19.4 Å². The van der Waals surface area contributed by atoms with Crippen molar-refractivity contribution in [1.82, 2.24) is 19.1 Å². The summed E-state index contributed by atoms with van der Waals surface area (Å²) < 4.78 is 2.62. The van der Waals surface area contributed by atoms with Crippen LogP contribution in [0.5, 0.6) is 0 Å². The molecule has 1 unspecified atom stereocenters. The van der Waals surface area contributed by atoms with Gasteiger partial charge in [-0.1, -0.05) is 0 Å². The summed E-state index contributed by atoms with van der Waals surface area (Å²) in [7, 11) is 1.47. The lowest BCUT2D eigenvalue weighted by molar-refractivity contribution is -0.384. The summed E-state index contributed by atoms with van der Waals surface area (Å²) in [4.78, 5) is 40.9. The van der Waals surface area contributed by atoms with Gasteiger partial charge >= 0.3 is 5.69 Å². The van der Waals surface area contributed by atoms with E-state index in [2.05, 4.69) is 20.5 Å². The van der Waals surface area contributed by atoms with Crippen molar-refractivity contribution in [2.75, 3.05) is 5.43 Å². The molecule has 0 fully saturated rings. The normalized spacial score (nSPS) is 12.9. The maximum Gasteiger partial charge on any atom is 0.329 e. The first-order valence-corrected chi connectivity index (χ1v) is 8.61. The van der Waals surface area contributed by atoms with Crippen molar-refractivity contribution in [3.8, 4) is 0 Å². The number of nitrogens with one attached hydrogen (secondary N) is 2. The van der Waals surface area contributed by atoms with E-state index in [4.69, 9.17) is 0 Å². The van der Waals surface area contributed by atoms with Crippen LogP contribution in [-0.4, -0.2) is 40.9 Å². The quantitative estimate of drug-likeness (QED) is 0.309. The number of rotatable bonds is 6. The number of benzene rings is 1. The van der Waals surface area contributed by atoms with Gasteiger partial charge in [-0.2, -0.15) is 10.1 Å². The molecule has 3 rings (SSSR count). The number of aliphatic hydroxyl groups is 1. The molecule has 29 heavy (non-hydrogen) atoms. The Morgan fingerprint density at radius 1 is 1.38 bits per heavy atom. The topological polar surface area (TPSA) is 160 Å². The molecule has 2 heterocycles. The van der Waals surface area contributed by atoms with Gasteiger partial charge in [-0.3, -0.25) is 24.5 Å². The zero-order valence-electron chi connectivity index (χ0n) is 15.9. The Morgan fingerprint density at radius 3 is 2.62 bits per heavy atom. The molecule has 0 radical (unpaired) electrons. The molecular weight excluding hydrogens is 382 g/mol. The van der Waals surface area contributed by atoms with Gasteiger partial charge < -0.3 is 9.67 Å². The Balaban J connectivity index is 2.02. The van der Waals surface area contributed by atoms with Crippen LogP contribution in [-0.2, 0) is 13.6 Å². The summed E-state index contributed by atoms with van der Waals surface area (Å²) in [5.41, 5.74) is 2.90. The minimum absolute atomic E-state index is 0.0339. The van der Waals surface area contributed by atoms with Crippen molar-refractivity contribution >= 4 is 28.5 Å². The third kappa shape index (κ3) is 3.91. The predicted molar refractivity (Wildman–Crippen MR) is 106 cm³/mol. The Bertz CT molecular complexity index is 1220. The maximum absolute atomic E-state index is 12.3. The number of nitro benzene ring substituents is 1. The van der Waals surface area contributed by atoms with E-state index in [0.29, 0.717) is 11.3 Å². The van der Waals surface area contributed by atoms with Gasteiger partial charge in [0.15, 0.2) is 11.2 Å². The summed E-state index contributed by atoms with van der Waals surface area (Å²) in [6.07, 6.45) is -0.788. The van der Waals surface area contributed by atoms with E-state index in [1.54, 1.807) is 26.0 Å². The fraction of sp³-hybridized carbons (Fsp3) is 0.294. The van der Waals surface area contributed by atoms with E-state index in [0.717, 1.165) is 0 Å². The number of nitrogens with zero attached hydrogens (tertiary/aromatic N) is 5. The average Bonchev–Trinajstić information content (AvgIpc) is 3.02. The van der Waals surface area contributed by atoms with Gasteiger partial charge in [0.2, 0.25) is 5.95 Å². The van der Waals surface area contributed by atoms with Crippen molar-refractivity contribution in [2.24, 2.45) is 12.1 Å². The first-order valence-electron chi connectivity index (χ1n) is 8.61. The third-order valence-electron chi connectivity index (χ3n) is 4.27. The van der Waals surface area contributed by atoms with Gasteiger partial charge in [0.05, 0.1) is 23.3 Å². The van der Waals surface area contributed by atoms with Crippen LogP contribution in [0.2, 0.25) is 0 Å². The number of aromatic amines is 1. The van der Waals surface area contributed by atoms with Crippen LogP contribution < -0.4 is 16.7 Å². The fourth-order valence-electron chi connectivity index (χ4n) is 2.78. The minimum atomic E-state index is -0.788. The number of aryl methyl sites for hydroxylation is 1. The predicted octanol–water partition coefficient (Wildman–Crippen LogP) is 0.548. The van der Waals surface area contributed by atoms with Crippen molar-refractivity contribution in [3.05, 3.63) is 60.8 Å². The Labute approximate surface area is 163 Å². The largest absolute Gasteiger partial charge is 0.392 e. The fourth-order valence-corrected chi connectivity index (χ4v) is 2.78. The molecule has 12 nitrogen and oxygen atoms in total. The molecule has 0 saturated heterocycles. The number of aromatic nitrogens is 4. The SMILES string of the molecule is C/C(=N/Nc1nc2c(c(=O)[nH]c(=O)n2C)n1CC(C)O)c1ccc([N+](=O)[O-])cc1. The molecule has 12 heteroatoms. The lowest BCUT2D eigenvalue weighted by Gasteiger charge is -2.10. The van der Waals surface area contributed by atoms with Crippen LogP contribution in [0.15, 0.2) is 39.0 Å². The molecule has 0 aliphatic rings. The van der Waals surface area contributed by atoms with Crippen LogP contribution in [0.4, 0.5) is 11.6 Å². The number of imidazole rings is 1. The first kappa shape index (κ1) is 19.9. The monoisotopic (exact) mass is 401 g/mol. The Hall–Kier alpha value is -3.80. The summed E-state index contributed by atoms with van der Waals surface area (Å²) in [5, 5.41) is 24.8. The molecular formula is C17H19N7O5. The molecule has 152 valence electrons. The minimum Gasteiger partial charge on any atom is -0.392 e. The summed E-state index contributed by atoms with van der Waals surface area (Å²) in [5.74, 6) is 0.161. The van der Waals surface area contributed by atoms with E-state index in [-0.39, 0.29) is 29.3 Å². The highest BCUT2D eigenvalue weighted by molar-refractivity contribution is 5.99. The molecule has 2 aromatic heterocycles. The summed E-state index contributed by atoms with van der Waals surface area (Å²) >= 11 is 0. The summed E-state index contributed by atoms with van der Waals surface area (Å²) in [6, 6.07) is 5.86. The zero-order valence-corrected chi connectivity index (χ0v) is 15.9. The van der Waals surface area contributed by atoms with Crippen LogP contribution in [0.25, 0.3) is 11.2 Å². The number of nitro groups is 1. The van der Waals surface area contributed by atoms with Crippen molar-refractivity contribution in [2.45, 2.75) is 26.5 Å². The molecule has 0 aliphatic carbocycles. The van der Waals surface area contributed by atoms with E-state index in [1.165, 1.54) is 28.3 Å². The van der Waals surface area contributed by atoms with Crippen LogP contribution >= 0.6 is 0 Å². The van der Waals surface area contributed by atoms with Crippen molar-refractivity contribution in [1.29, 1.82) is 0 Å². The molecule has 3 N–H and O–H groups in total. The van der Waals surface area contributed by atoms with Gasteiger partial charge in [-0.05, 0) is 31.5 Å². The lowest BCUT2D eigenvalue weighted by atomic mass is 10.1. The number of fused-ring (bicyclic) bond motifs is 1. The van der Waals surface area contributed by atoms with Crippen LogP contribution in [0.3, 0.4) is 0 Å². The standard InChI is InChI=1S/C17H19N7O5/c1-9(25)8-23-13-14(22(3)17(27)19-15(13)26)18-16(23)21-20-10(2)11-4-6-12(7-5-11)24(28)29/h4-7,9,25H,8H2,1-3H3,(H,18,21)(H,19,26,27)/b20-10-. The third-order valence-corrected chi connectivity index (χ3v) is 4.27. The van der Waals surface area contributed by atoms with Gasteiger partial charge in [-0.15, -0.1) is 0 Å². The Morgan fingerprint density at radius 2 is 2.03 bits per heavy atom. The number of aliphatic hydroxyl groups excluding tert-OH is 1. The second-order valence-electron chi connectivity index (χ2n) is 6.50. The lowest BCUT2D eigenvalue weighted by Crippen LogP contribution is -2.29. The second kappa shape index (κ2) is 7.67. The smallest absolute Gasteiger partial charge is 0.329 e. The number of non-ortho nitro benzene ring substituents is 1. The van der Waals surface area contributed by atoms with E-state index in [1.807, 2.05) is 0 Å². The number of H-pyrrole nitrogens is 1. The van der Waals surface area contributed by atoms with Gasteiger partial charge in [0, 0.05) is 19.2 Å². The molecule has 1 atom stereocenters. The second-order valence-corrected chi connectivity index (χ2v) is 6.50. The van der Waals surface area contributed by atoms with Crippen molar-refractivity contribution < 1.29 is 10.0 Å². The van der Waals surface area contributed by atoms with E-state index < -0.39 is 22.3 Å². The number of anilines is 1. The van der Waals surface area contributed by atoms with E-state index >= 15 is 0 Å². The summed E-state index contributed by atoms with van der Waals surface area (Å²) in [6.45, 7) is 3.29. The highest BCUT2D eigenvalue weighted by Gasteiger charge is 2.18. The molecule has 0 bridgehead atoms. The Kier molecular flexibility index (Phi) is 5.28. The van der Waals surface area contributed by atoms with Gasteiger partial charge in [0.1, 0.15) is 0 Å². The highest BCUT2D eigenvalue weighted by atomic mass is 16.6. The van der Waals surface area contributed by atoms with Gasteiger partial charge in [0.25, 0.3) is 11.2 Å². The average molecular weight is 401 g/mol. The van der Waals surface area contributed by atoms with E-state index in [9.17, 15) is 24.8 Å². The molecule has 0 saturated carbocycles. The van der Waals surface area contributed by atoms with Crippen molar-refractivity contribution in [3.63, 3.8) is 0 Å². The van der Waals surface area contributed by atoms with Crippen LogP contribution in [0, 0.1) is 10.1 Å². The maximum atomic E-state index is 12.3. The first-order chi connectivity index (χ1) is 13.7. The molecule has 1 aromatic carbocycles. The molecule has 0 spiro atoms. The van der Waals surface area contributed by atoms with Gasteiger partial charge in [-0.25, -0.2) is 10.2 Å². The number of hydrogen-bond acceptors (Lipinski definition) is 8. The highest BCUT2D eigenvalue weighted by Crippen LogP contribution is 2.17. The number of hydrogen-bond donors (Lipinski definition) is 3. The number of hydrazone groups is 1.